The van der Waals surface area contributed by atoms with Gasteiger partial charge in [-0.2, -0.15) is 5.10 Å². The van der Waals surface area contributed by atoms with Crippen molar-refractivity contribution in [1.82, 2.24) is 20.2 Å². The van der Waals surface area contributed by atoms with Crippen LogP contribution in [0.2, 0.25) is 0 Å². The molecule has 0 aliphatic rings. The summed E-state index contributed by atoms with van der Waals surface area (Å²) in [6.45, 7) is 4.28. The van der Waals surface area contributed by atoms with Crippen LogP contribution in [-0.4, -0.2) is 40.4 Å². The molecule has 0 aliphatic heterocycles. The highest BCUT2D eigenvalue weighted by Crippen LogP contribution is 2.36. The molecule has 5 rings (SSSR count). The van der Waals surface area contributed by atoms with E-state index in [1.165, 1.54) is 11.9 Å². The third-order valence-electron chi connectivity index (χ3n) is 6.10. The molecule has 2 heterocycles. The lowest BCUT2D eigenvalue weighted by atomic mass is 9.95. The molecule has 0 unspecified atom stereocenters. The van der Waals surface area contributed by atoms with Gasteiger partial charge >= 0.3 is 6.03 Å². The number of hydrogen-bond acceptors (Lipinski definition) is 7. The summed E-state index contributed by atoms with van der Waals surface area (Å²) in [6.07, 6.45) is 1.41. The van der Waals surface area contributed by atoms with Crippen molar-refractivity contribution < 1.29 is 19.0 Å². The number of methoxy groups -OCH3 is 2. The van der Waals surface area contributed by atoms with Crippen LogP contribution in [0.4, 0.5) is 16.3 Å². The van der Waals surface area contributed by atoms with E-state index in [0.717, 1.165) is 11.3 Å². The van der Waals surface area contributed by atoms with Crippen LogP contribution < -0.4 is 24.8 Å². The quantitative estimate of drug-likeness (QED) is 0.209. The van der Waals surface area contributed by atoms with E-state index in [1.54, 1.807) is 50.6 Å². The molecule has 39 heavy (non-hydrogen) atoms. The summed E-state index contributed by atoms with van der Waals surface area (Å²) in [5.41, 5.74) is 4.25. The van der Waals surface area contributed by atoms with Crippen molar-refractivity contribution >= 4 is 28.4 Å². The molecule has 0 aliphatic carbocycles. The van der Waals surface area contributed by atoms with Crippen LogP contribution in [0.25, 0.3) is 22.2 Å². The molecule has 0 bridgehead atoms. The first-order valence-corrected chi connectivity index (χ1v) is 12.3. The minimum absolute atomic E-state index is 0.341. The summed E-state index contributed by atoms with van der Waals surface area (Å²) in [4.78, 5) is 21.3. The normalized spacial score (nSPS) is 10.9. The summed E-state index contributed by atoms with van der Waals surface area (Å²) < 4.78 is 16.8. The standard InChI is InChI=1S/C29H28N6O4/c1-17(2)20-10-5-6-11-21(20)24-15-27(35-34-24)33-29(36)32-18-8-7-9-19(12-18)39-28-22-13-25(37-3)26(38-4)14-23(22)30-16-31-28/h5-17H,1-4H3,(H3,32,33,34,35,36). The number of ether oxygens (including phenoxy) is 3. The minimum Gasteiger partial charge on any atom is -0.493 e. The van der Waals surface area contributed by atoms with E-state index in [9.17, 15) is 4.79 Å². The summed E-state index contributed by atoms with van der Waals surface area (Å²) in [6, 6.07) is 20.0. The van der Waals surface area contributed by atoms with E-state index in [1.807, 2.05) is 24.3 Å². The average Bonchev–Trinajstić information content (AvgIpc) is 3.40. The second-order valence-corrected chi connectivity index (χ2v) is 9.02. The minimum atomic E-state index is -0.438. The Kier molecular flexibility index (Phi) is 7.26. The number of nitrogens with one attached hydrogen (secondary N) is 3. The van der Waals surface area contributed by atoms with E-state index in [2.05, 4.69) is 50.7 Å². The van der Waals surface area contributed by atoms with Crippen LogP contribution in [0.5, 0.6) is 23.1 Å². The van der Waals surface area contributed by atoms with Crippen LogP contribution in [0.1, 0.15) is 25.3 Å². The molecular formula is C29H28N6O4. The third-order valence-corrected chi connectivity index (χ3v) is 6.10. The maximum Gasteiger partial charge on any atom is 0.324 e. The topological polar surface area (TPSA) is 123 Å². The van der Waals surface area contributed by atoms with Crippen LogP contribution in [0, 0.1) is 0 Å². The van der Waals surface area contributed by atoms with Crippen LogP contribution in [0.3, 0.4) is 0 Å². The Bertz CT molecular complexity index is 1630. The zero-order valence-electron chi connectivity index (χ0n) is 22.0. The number of fused-ring (bicyclic) bond motifs is 1. The molecule has 0 fully saturated rings. The van der Waals surface area contributed by atoms with Gasteiger partial charge in [-0.3, -0.25) is 10.4 Å². The van der Waals surface area contributed by atoms with Crippen LogP contribution >= 0.6 is 0 Å². The van der Waals surface area contributed by atoms with Gasteiger partial charge in [-0.1, -0.05) is 44.2 Å². The Balaban J connectivity index is 1.29. The van der Waals surface area contributed by atoms with Crippen molar-refractivity contribution in [2.45, 2.75) is 19.8 Å². The molecule has 3 N–H and O–H groups in total. The first-order chi connectivity index (χ1) is 18.9. The molecule has 0 atom stereocenters. The van der Waals surface area contributed by atoms with Gasteiger partial charge in [-0.15, -0.1) is 0 Å². The number of urea groups is 1. The van der Waals surface area contributed by atoms with E-state index in [0.29, 0.717) is 51.5 Å². The zero-order chi connectivity index (χ0) is 27.4. The highest BCUT2D eigenvalue weighted by Gasteiger charge is 2.14. The lowest BCUT2D eigenvalue weighted by molar-refractivity contribution is 0.262. The first-order valence-electron chi connectivity index (χ1n) is 12.3. The van der Waals surface area contributed by atoms with Gasteiger partial charge < -0.3 is 19.5 Å². The number of anilines is 2. The number of aromatic nitrogens is 4. The van der Waals surface area contributed by atoms with Gasteiger partial charge in [-0.25, -0.2) is 14.8 Å². The number of aromatic amines is 1. The Labute approximate surface area is 225 Å². The second kappa shape index (κ2) is 11.1. The molecule has 5 aromatic rings. The summed E-state index contributed by atoms with van der Waals surface area (Å²) >= 11 is 0. The van der Waals surface area contributed by atoms with Gasteiger partial charge in [0.05, 0.1) is 30.8 Å². The number of carbonyl (C=O) groups excluding carboxylic acids is 1. The molecule has 0 spiro atoms. The van der Waals surface area contributed by atoms with Crippen molar-refractivity contribution in [1.29, 1.82) is 0 Å². The predicted octanol–water partition coefficient (Wildman–Crippen LogP) is 6.60. The number of nitrogens with zero attached hydrogens (tertiary/aromatic N) is 3. The lowest BCUT2D eigenvalue weighted by Crippen LogP contribution is -2.19. The molecule has 0 saturated heterocycles. The van der Waals surface area contributed by atoms with Gasteiger partial charge in [0.25, 0.3) is 0 Å². The fourth-order valence-electron chi connectivity index (χ4n) is 4.24. The summed E-state index contributed by atoms with van der Waals surface area (Å²) in [5.74, 6) is 2.67. The molecule has 2 aromatic heterocycles. The maximum absolute atomic E-state index is 12.7. The molecule has 2 amide bonds. The highest BCUT2D eigenvalue weighted by molar-refractivity contribution is 5.99. The maximum atomic E-state index is 12.7. The molecule has 0 saturated carbocycles. The zero-order valence-corrected chi connectivity index (χ0v) is 22.0. The number of H-pyrrole nitrogens is 1. The van der Waals surface area contributed by atoms with E-state index < -0.39 is 6.03 Å². The second-order valence-electron chi connectivity index (χ2n) is 9.02. The molecular weight excluding hydrogens is 496 g/mol. The smallest absolute Gasteiger partial charge is 0.324 e. The van der Waals surface area contributed by atoms with Crippen molar-refractivity contribution in [3.63, 3.8) is 0 Å². The number of carbonyl (C=O) groups is 1. The summed E-state index contributed by atoms with van der Waals surface area (Å²) in [7, 11) is 3.12. The average molecular weight is 525 g/mol. The molecule has 0 radical (unpaired) electrons. The van der Waals surface area contributed by atoms with Gasteiger partial charge in [0.2, 0.25) is 5.88 Å². The fourth-order valence-corrected chi connectivity index (χ4v) is 4.24. The fraction of sp³-hybridized carbons (Fsp3) is 0.172. The Morgan fingerprint density at radius 3 is 2.49 bits per heavy atom. The van der Waals surface area contributed by atoms with Crippen molar-refractivity contribution in [3.8, 4) is 34.4 Å². The number of benzene rings is 3. The Hall–Kier alpha value is -5.12. The third kappa shape index (κ3) is 5.59. The lowest BCUT2D eigenvalue weighted by Gasteiger charge is -2.12. The summed E-state index contributed by atoms with van der Waals surface area (Å²) in [5, 5.41) is 13.5. The SMILES string of the molecule is COc1cc2ncnc(Oc3cccc(NC(=O)Nc4cc(-c5ccccc5C(C)C)[nH]n4)c3)c2cc1OC. The van der Waals surface area contributed by atoms with Crippen molar-refractivity contribution in [3.05, 3.63) is 78.6 Å². The molecule has 10 nitrogen and oxygen atoms in total. The highest BCUT2D eigenvalue weighted by atomic mass is 16.5. The molecule has 198 valence electrons. The largest absolute Gasteiger partial charge is 0.493 e. The van der Waals surface area contributed by atoms with E-state index in [-0.39, 0.29) is 0 Å². The van der Waals surface area contributed by atoms with E-state index >= 15 is 0 Å². The van der Waals surface area contributed by atoms with Crippen LogP contribution in [-0.2, 0) is 0 Å². The van der Waals surface area contributed by atoms with Gasteiger partial charge in [0, 0.05) is 29.4 Å². The monoisotopic (exact) mass is 524 g/mol. The van der Waals surface area contributed by atoms with Gasteiger partial charge in [0.15, 0.2) is 17.3 Å². The van der Waals surface area contributed by atoms with Gasteiger partial charge in [0.1, 0.15) is 12.1 Å². The molecule has 10 heteroatoms. The van der Waals surface area contributed by atoms with Gasteiger partial charge in [-0.05, 0) is 29.7 Å². The number of amides is 2. The van der Waals surface area contributed by atoms with Crippen molar-refractivity contribution in [2.24, 2.45) is 0 Å². The molecule has 3 aromatic carbocycles. The predicted molar refractivity (Wildman–Crippen MR) is 150 cm³/mol. The van der Waals surface area contributed by atoms with Crippen LogP contribution in [0.15, 0.2) is 73.1 Å². The number of rotatable bonds is 8. The first kappa shape index (κ1) is 25.5. The number of hydrogen-bond donors (Lipinski definition) is 3. The Morgan fingerprint density at radius 1 is 0.897 bits per heavy atom. The van der Waals surface area contributed by atoms with Crippen molar-refractivity contribution in [2.75, 3.05) is 24.9 Å². The Morgan fingerprint density at radius 2 is 1.69 bits per heavy atom. The van der Waals surface area contributed by atoms with E-state index in [4.69, 9.17) is 14.2 Å².